The van der Waals surface area contributed by atoms with Gasteiger partial charge >= 0.3 is 0 Å². The van der Waals surface area contributed by atoms with Gasteiger partial charge in [-0.25, -0.2) is 9.37 Å². The lowest BCUT2D eigenvalue weighted by atomic mass is 9.98. The van der Waals surface area contributed by atoms with Crippen LogP contribution in [0.3, 0.4) is 0 Å². The normalized spacial score (nSPS) is 18.8. The highest BCUT2D eigenvalue weighted by Crippen LogP contribution is 2.28. The van der Waals surface area contributed by atoms with Crippen molar-refractivity contribution in [2.75, 3.05) is 45.9 Å². The first-order valence-corrected chi connectivity index (χ1v) is 17.0. The van der Waals surface area contributed by atoms with Gasteiger partial charge in [-0.05, 0) is 68.0 Å². The third kappa shape index (κ3) is 6.71. The number of hydrogen-bond acceptors (Lipinski definition) is 5. The molecule has 0 atom stereocenters. The van der Waals surface area contributed by atoms with Crippen molar-refractivity contribution in [1.82, 2.24) is 14.8 Å². The number of halogens is 1. The molecule has 0 bridgehead atoms. The van der Waals surface area contributed by atoms with Gasteiger partial charge in [-0.15, -0.1) is 0 Å². The molecule has 2 fully saturated rings. The second kappa shape index (κ2) is 11.5. The van der Waals surface area contributed by atoms with Crippen LogP contribution in [0.15, 0.2) is 48.5 Å². The predicted octanol–water partition coefficient (Wildman–Crippen LogP) is 5.86. The number of aromatic nitrogens is 1. The highest BCUT2D eigenvalue weighted by Gasteiger charge is 2.27. The Morgan fingerprint density at radius 2 is 1.70 bits per heavy atom. The molecule has 0 spiro atoms. The molecule has 1 aromatic heterocycles. The number of carbonyl (C=O) groups is 1. The summed E-state index contributed by atoms with van der Waals surface area (Å²) < 4.78 is 19.5. The second-order valence-electron chi connectivity index (χ2n) is 11.3. The quantitative estimate of drug-likeness (QED) is 0.276. The third-order valence-electron chi connectivity index (χ3n) is 7.92. The minimum absolute atomic E-state index is 0.0423. The van der Waals surface area contributed by atoms with Crippen molar-refractivity contribution in [3.8, 4) is 11.3 Å². The lowest BCUT2D eigenvalue weighted by Crippen LogP contribution is -2.42. The smallest absolute Gasteiger partial charge is 0.163 e. The van der Waals surface area contributed by atoms with Crippen molar-refractivity contribution >= 4 is 24.8 Å². The van der Waals surface area contributed by atoms with Crippen LogP contribution in [0.2, 0.25) is 25.2 Å². The molecule has 2 aliphatic heterocycles. The Morgan fingerprint density at radius 1 is 0.973 bits per heavy atom. The maximum absolute atomic E-state index is 14.1. The number of nitrogens with zero attached hydrogens (tertiary/aromatic N) is 3. The Hall–Kier alpha value is -2.45. The van der Waals surface area contributed by atoms with E-state index < -0.39 is 8.07 Å². The van der Waals surface area contributed by atoms with Crippen molar-refractivity contribution < 1.29 is 13.9 Å². The van der Waals surface area contributed by atoms with Gasteiger partial charge in [-0.3, -0.25) is 14.6 Å². The van der Waals surface area contributed by atoms with Crippen LogP contribution in [-0.2, 0) is 11.3 Å². The van der Waals surface area contributed by atoms with Gasteiger partial charge in [0.15, 0.2) is 5.78 Å². The number of ether oxygens (including phenoxy) is 1. The van der Waals surface area contributed by atoms with Crippen LogP contribution in [0.25, 0.3) is 22.2 Å². The van der Waals surface area contributed by atoms with Gasteiger partial charge in [-0.1, -0.05) is 37.4 Å². The zero-order valence-corrected chi connectivity index (χ0v) is 23.1. The molecule has 196 valence electrons. The molecule has 0 saturated carbocycles. The first-order chi connectivity index (χ1) is 17.9. The van der Waals surface area contributed by atoms with Gasteiger partial charge in [0.05, 0.1) is 24.4 Å². The van der Waals surface area contributed by atoms with Crippen molar-refractivity contribution in [3.05, 3.63) is 65.5 Å². The molecule has 5 nitrogen and oxygen atoms in total. The van der Waals surface area contributed by atoms with Crippen LogP contribution in [0.1, 0.15) is 28.8 Å². The summed E-state index contributed by atoms with van der Waals surface area (Å²) in [5.74, 6) is -0.307. The van der Waals surface area contributed by atoms with Crippen LogP contribution >= 0.6 is 0 Å². The van der Waals surface area contributed by atoms with Gasteiger partial charge in [0.25, 0.3) is 0 Å². The van der Waals surface area contributed by atoms with Crippen molar-refractivity contribution in [3.63, 3.8) is 0 Å². The van der Waals surface area contributed by atoms with Crippen molar-refractivity contribution in [1.29, 1.82) is 0 Å². The topological polar surface area (TPSA) is 45.7 Å². The fourth-order valence-corrected chi connectivity index (χ4v) is 7.45. The molecule has 3 heterocycles. The average molecular weight is 520 g/mol. The van der Waals surface area contributed by atoms with E-state index in [0.717, 1.165) is 57.1 Å². The van der Waals surface area contributed by atoms with E-state index in [9.17, 15) is 9.18 Å². The van der Waals surface area contributed by atoms with Gasteiger partial charge in [0.2, 0.25) is 0 Å². The van der Waals surface area contributed by atoms with E-state index in [1.165, 1.54) is 42.9 Å². The number of morpholine rings is 1. The molecular formula is C30H38FN3O2Si. The number of fused-ring (bicyclic) bond motifs is 1. The first-order valence-electron chi connectivity index (χ1n) is 13.6. The van der Waals surface area contributed by atoms with Crippen LogP contribution in [0, 0.1) is 5.82 Å². The van der Waals surface area contributed by atoms with Crippen molar-refractivity contribution in [2.45, 2.75) is 44.6 Å². The summed E-state index contributed by atoms with van der Waals surface area (Å²) >= 11 is 0. The summed E-state index contributed by atoms with van der Waals surface area (Å²) in [6, 6.07) is 17.7. The summed E-state index contributed by atoms with van der Waals surface area (Å²) in [5.41, 5.74) is 4.25. The van der Waals surface area contributed by atoms with Crippen molar-refractivity contribution in [2.24, 2.45) is 0 Å². The Bertz CT molecular complexity index is 1230. The molecular weight excluding hydrogens is 481 g/mol. The largest absolute Gasteiger partial charge is 0.379 e. The van der Waals surface area contributed by atoms with E-state index in [2.05, 4.69) is 47.2 Å². The van der Waals surface area contributed by atoms with E-state index in [1.807, 2.05) is 6.07 Å². The first kappa shape index (κ1) is 26.2. The molecule has 5 rings (SSSR count). The van der Waals surface area contributed by atoms with Crippen LogP contribution in [0.5, 0.6) is 0 Å². The number of rotatable bonds is 8. The minimum Gasteiger partial charge on any atom is -0.379 e. The molecule has 2 aromatic carbocycles. The standard InChI is InChI=1S/C30H38FN3O2Si/c1-37(2)18-14-34(15-19-37)22-23-5-7-24(8-6-23)29-21-27(26-20-25(31)9-10-28(26)32-29)30(35)4-3-11-33-12-16-36-17-13-33/h5-10,20-21H,3-4,11-19,22H2,1-2H3. The number of carbonyl (C=O) groups excluding carboxylic acids is 1. The maximum Gasteiger partial charge on any atom is 0.163 e. The number of Topliss-reactive ketones (excluding diaryl/α,β-unsaturated/α-hetero) is 1. The van der Waals surface area contributed by atoms with E-state index in [0.29, 0.717) is 22.9 Å². The fraction of sp³-hybridized carbons (Fsp3) is 0.467. The maximum atomic E-state index is 14.1. The number of ketones is 1. The monoisotopic (exact) mass is 519 g/mol. The molecule has 0 aliphatic carbocycles. The van der Waals surface area contributed by atoms with E-state index in [4.69, 9.17) is 9.72 Å². The molecule has 0 amide bonds. The van der Waals surface area contributed by atoms with Crippen LogP contribution in [-0.4, -0.2) is 74.6 Å². The van der Waals surface area contributed by atoms with Crippen LogP contribution in [0.4, 0.5) is 4.39 Å². The summed E-state index contributed by atoms with van der Waals surface area (Å²) in [4.78, 5) is 23.0. The SMILES string of the molecule is C[Si]1(C)CCN(Cc2ccc(-c3cc(C(=O)CCCN4CCOCC4)c4cc(F)ccc4n3)cc2)CC1. The zero-order valence-electron chi connectivity index (χ0n) is 22.1. The summed E-state index contributed by atoms with van der Waals surface area (Å²) in [6.45, 7) is 12.6. The Kier molecular flexibility index (Phi) is 8.14. The third-order valence-corrected chi connectivity index (χ3v) is 11.1. The molecule has 0 N–H and O–H groups in total. The average Bonchev–Trinajstić information content (AvgIpc) is 2.90. The highest BCUT2D eigenvalue weighted by molar-refractivity contribution is 6.77. The predicted molar refractivity (Wildman–Crippen MR) is 150 cm³/mol. The Labute approximate surface area is 220 Å². The van der Waals surface area contributed by atoms with Gasteiger partial charge in [0, 0.05) is 50.6 Å². The van der Waals surface area contributed by atoms with Gasteiger partial charge < -0.3 is 4.74 Å². The summed E-state index contributed by atoms with van der Waals surface area (Å²) in [7, 11) is -0.969. The Morgan fingerprint density at radius 3 is 2.43 bits per heavy atom. The molecule has 7 heteroatoms. The lowest BCUT2D eigenvalue weighted by Gasteiger charge is -2.35. The minimum atomic E-state index is -0.969. The van der Waals surface area contributed by atoms with Gasteiger partial charge in [-0.2, -0.15) is 0 Å². The summed E-state index contributed by atoms with van der Waals surface area (Å²) in [6.07, 6.45) is 1.21. The molecule has 0 radical (unpaired) electrons. The molecule has 2 aliphatic rings. The van der Waals surface area contributed by atoms with Gasteiger partial charge in [0.1, 0.15) is 5.82 Å². The fourth-order valence-electron chi connectivity index (χ4n) is 5.35. The highest BCUT2D eigenvalue weighted by atomic mass is 28.3. The zero-order chi connectivity index (χ0) is 25.8. The van der Waals surface area contributed by atoms with Crippen LogP contribution < -0.4 is 0 Å². The van der Waals surface area contributed by atoms with E-state index in [1.54, 1.807) is 6.07 Å². The number of pyridine rings is 1. The van der Waals surface area contributed by atoms with E-state index in [-0.39, 0.29) is 11.6 Å². The number of hydrogen-bond donors (Lipinski definition) is 0. The second-order valence-corrected chi connectivity index (χ2v) is 16.7. The molecule has 2 saturated heterocycles. The molecule has 0 unspecified atom stereocenters. The van der Waals surface area contributed by atoms with E-state index >= 15 is 0 Å². The molecule has 3 aromatic rings. The number of benzene rings is 2. The lowest BCUT2D eigenvalue weighted by molar-refractivity contribution is 0.0371. The Balaban J connectivity index is 1.32. The summed E-state index contributed by atoms with van der Waals surface area (Å²) in [5, 5.41) is 0.591. The molecule has 37 heavy (non-hydrogen) atoms.